The summed E-state index contributed by atoms with van der Waals surface area (Å²) in [6.45, 7) is 0.802. The SMILES string of the molecule is Oc1cccnc1-c1nc(CC2CCCO2)no1. The number of nitrogens with zero attached hydrogens (tertiary/aromatic N) is 3. The Morgan fingerprint density at radius 2 is 2.39 bits per heavy atom. The van der Waals surface area contributed by atoms with Gasteiger partial charge in [0, 0.05) is 19.2 Å². The Labute approximate surface area is 104 Å². The molecule has 1 fully saturated rings. The molecule has 2 aromatic heterocycles. The van der Waals surface area contributed by atoms with Crippen molar-refractivity contribution in [2.45, 2.75) is 25.4 Å². The van der Waals surface area contributed by atoms with Crippen molar-refractivity contribution >= 4 is 0 Å². The molecule has 0 radical (unpaired) electrons. The first kappa shape index (κ1) is 11.2. The molecule has 3 rings (SSSR count). The molecule has 1 saturated heterocycles. The number of aromatic nitrogens is 3. The van der Waals surface area contributed by atoms with Gasteiger partial charge in [0.1, 0.15) is 5.75 Å². The van der Waals surface area contributed by atoms with Gasteiger partial charge in [0.2, 0.25) is 0 Å². The average Bonchev–Trinajstić information content (AvgIpc) is 3.02. The third-order valence-electron chi connectivity index (χ3n) is 2.89. The van der Waals surface area contributed by atoms with E-state index in [1.54, 1.807) is 12.3 Å². The topological polar surface area (TPSA) is 81.3 Å². The minimum Gasteiger partial charge on any atom is -0.505 e. The first-order valence-corrected chi connectivity index (χ1v) is 5.91. The second kappa shape index (κ2) is 4.73. The third-order valence-corrected chi connectivity index (χ3v) is 2.89. The number of hydrogen-bond donors (Lipinski definition) is 1. The van der Waals surface area contributed by atoms with Crippen molar-refractivity contribution in [3.8, 4) is 17.3 Å². The highest BCUT2D eigenvalue weighted by atomic mass is 16.5. The molecule has 3 heterocycles. The van der Waals surface area contributed by atoms with Crippen molar-refractivity contribution in [1.29, 1.82) is 0 Å². The molecule has 1 N–H and O–H groups in total. The molecule has 1 atom stereocenters. The van der Waals surface area contributed by atoms with E-state index in [4.69, 9.17) is 9.26 Å². The van der Waals surface area contributed by atoms with Gasteiger partial charge in [0.15, 0.2) is 11.5 Å². The van der Waals surface area contributed by atoms with E-state index < -0.39 is 0 Å². The summed E-state index contributed by atoms with van der Waals surface area (Å²) in [5, 5.41) is 13.5. The minimum absolute atomic E-state index is 0.0322. The van der Waals surface area contributed by atoms with Gasteiger partial charge in [-0.2, -0.15) is 4.98 Å². The van der Waals surface area contributed by atoms with E-state index in [1.165, 1.54) is 6.07 Å². The van der Waals surface area contributed by atoms with Crippen molar-refractivity contribution < 1.29 is 14.4 Å². The largest absolute Gasteiger partial charge is 0.505 e. The molecule has 6 heteroatoms. The van der Waals surface area contributed by atoms with Crippen molar-refractivity contribution in [1.82, 2.24) is 15.1 Å². The first-order chi connectivity index (χ1) is 8.83. The fourth-order valence-corrected chi connectivity index (χ4v) is 2.00. The van der Waals surface area contributed by atoms with Crippen LogP contribution in [-0.2, 0) is 11.2 Å². The second-order valence-corrected chi connectivity index (χ2v) is 4.23. The monoisotopic (exact) mass is 247 g/mol. The molecule has 6 nitrogen and oxygen atoms in total. The normalized spacial score (nSPS) is 19.2. The van der Waals surface area contributed by atoms with E-state index in [0.717, 1.165) is 19.4 Å². The van der Waals surface area contributed by atoms with Gasteiger partial charge in [-0.05, 0) is 25.0 Å². The Morgan fingerprint density at radius 3 is 3.17 bits per heavy atom. The molecule has 1 aliphatic rings. The van der Waals surface area contributed by atoms with E-state index in [-0.39, 0.29) is 17.7 Å². The zero-order valence-corrected chi connectivity index (χ0v) is 9.74. The molecule has 94 valence electrons. The smallest absolute Gasteiger partial charge is 0.280 e. The Kier molecular flexibility index (Phi) is 2.93. The van der Waals surface area contributed by atoms with Gasteiger partial charge in [-0.15, -0.1) is 0 Å². The van der Waals surface area contributed by atoms with Gasteiger partial charge in [-0.1, -0.05) is 5.16 Å². The van der Waals surface area contributed by atoms with Crippen LogP contribution in [0.5, 0.6) is 5.75 Å². The van der Waals surface area contributed by atoms with Crippen LogP contribution in [0.3, 0.4) is 0 Å². The lowest BCUT2D eigenvalue weighted by molar-refractivity contribution is 0.109. The molecular weight excluding hydrogens is 234 g/mol. The van der Waals surface area contributed by atoms with Crippen LogP contribution in [0.2, 0.25) is 0 Å². The lowest BCUT2D eigenvalue weighted by Crippen LogP contribution is -2.09. The quantitative estimate of drug-likeness (QED) is 0.886. The maximum Gasteiger partial charge on any atom is 0.280 e. The first-order valence-electron chi connectivity index (χ1n) is 5.91. The maximum atomic E-state index is 9.64. The van der Waals surface area contributed by atoms with Crippen molar-refractivity contribution in [3.63, 3.8) is 0 Å². The van der Waals surface area contributed by atoms with Crippen LogP contribution in [0.1, 0.15) is 18.7 Å². The highest BCUT2D eigenvalue weighted by molar-refractivity contribution is 5.55. The van der Waals surface area contributed by atoms with Crippen LogP contribution in [-0.4, -0.2) is 32.9 Å². The number of pyridine rings is 1. The summed E-state index contributed by atoms with van der Waals surface area (Å²) in [6, 6.07) is 3.18. The molecule has 0 spiro atoms. The Bertz CT molecular complexity index is 535. The van der Waals surface area contributed by atoms with E-state index >= 15 is 0 Å². The van der Waals surface area contributed by atoms with Crippen LogP contribution in [0, 0.1) is 0 Å². The Morgan fingerprint density at radius 1 is 1.44 bits per heavy atom. The fourth-order valence-electron chi connectivity index (χ4n) is 2.00. The average molecular weight is 247 g/mol. The molecule has 1 aliphatic heterocycles. The van der Waals surface area contributed by atoms with Crippen LogP contribution in [0.25, 0.3) is 11.6 Å². The van der Waals surface area contributed by atoms with E-state index in [2.05, 4.69) is 15.1 Å². The zero-order valence-electron chi connectivity index (χ0n) is 9.74. The summed E-state index contributed by atoms with van der Waals surface area (Å²) in [5.41, 5.74) is 0.309. The zero-order chi connectivity index (χ0) is 12.4. The lowest BCUT2D eigenvalue weighted by Gasteiger charge is -2.03. The van der Waals surface area contributed by atoms with Gasteiger partial charge < -0.3 is 14.4 Å². The van der Waals surface area contributed by atoms with Gasteiger partial charge in [0.05, 0.1) is 6.10 Å². The van der Waals surface area contributed by atoms with Gasteiger partial charge >= 0.3 is 0 Å². The summed E-state index contributed by atoms with van der Waals surface area (Å²) in [5.74, 6) is 0.855. The summed E-state index contributed by atoms with van der Waals surface area (Å²) in [4.78, 5) is 8.24. The third kappa shape index (κ3) is 2.19. The van der Waals surface area contributed by atoms with Crippen LogP contribution in [0.4, 0.5) is 0 Å². The fraction of sp³-hybridized carbons (Fsp3) is 0.417. The van der Waals surface area contributed by atoms with Crippen molar-refractivity contribution in [2.24, 2.45) is 0 Å². The standard InChI is InChI=1S/C12H13N3O3/c16-9-4-1-5-13-11(9)12-14-10(15-18-12)7-8-3-2-6-17-8/h1,4-5,8,16H,2-3,6-7H2. The van der Waals surface area contributed by atoms with E-state index in [1.807, 2.05) is 0 Å². The molecule has 1 unspecified atom stereocenters. The highest BCUT2D eigenvalue weighted by Gasteiger charge is 2.20. The lowest BCUT2D eigenvalue weighted by atomic mass is 10.2. The van der Waals surface area contributed by atoms with Gasteiger partial charge in [-0.25, -0.2) is 4.98 Å². The Balaban J connectivity index is 1.79. The molecule has 0 aliphatic carbocycles. The number of hydrogen-bond acceptors (Lipinski definition) is 6. The molecular formula is C12H13N3O3. The van der Waals surface area contributed by atoms with E-state index in [0.29, 0.717) is 17.9 Å². The molecule has 2 aromatic rings. The maximum absolute atomic E-state index is 9.64. The molecule has 0 saturated carbocycles. The summed E-state index contributed by atoms with van der Waals surface area (Å²) >= 11 is 0. The van der Waals surface area contributed by atoms with Crippen LogP contribution < -0.4 is 0 Å². The van der Waals surface area contributed by atoms with Crippen molar-refractivity contribution in [3.05, 3.63) is 24.2 Å². The minimum atomic E-state index is 0.0322. The molecule has 18 heavy (non-hydrogen) atoms. The number of ether oxygens (including phenoxy) is 1. The molecule has 0 aromatic carbocycles. The predicted octanol–water partition coefficient (Wildman–Crippen LogP) is 1.56. The number of aromatic hydroxyl groups is 1. The summed E-state index contributed by atoms with van der Waals surface area (Å²) in [6.07, 6.45) is 4.48. The van der Waals surface area contributed by atoms with E-state index in [9.17, 15) is 5.11 Å². The highest BCUT2D eigenvalue weighted by Crippen LogP contribution is 2.25. The van der Waals surface area contributed by atoms with Crippen LogP contribution >= 0.6 is 0 Å². The number of rotatable bonds is 3. The van der Waals surface area contributed by atoms with Crippen LogP contribution in [0.15, 0.2) is 22.9 Å². The predicted molar refractivity (Wildman–Crippen MR) is 61.9 cm³/mol. The molecule has 0 amide bonds. The Hall–Kier alpha value is -1.95. The van der Waals surface area contributed by atoms with Gasteiger partial charge in [-0.3, -0.25) is 0 Å². The summed E-state index contributed by atoms with van der Waals surface area (Å²) < 4.78 is 10.6. The summed E-state index contributed by atoms with van der Waals surface area (Å²) in [7, 11) is 0. The van der Waals surface area contributed by atoms with Gasteiger partial charge in [0.25, 0.3) is 5.89 Å². The molecule has 0 bridgehead atoms. The van der Waals surface area contributed by atoms with Crippen molar-refractivity contribution in [2.75, 3.05) is 6.61 Å². The second-order valence-electron chi connectivity index (χ2n) is 4.23.